The van der Waals surface area contributed by atoms with Gasteiger partial charge < -0.3 is 10.4 Å². The van der Waals surface area contributed by atoms with Crippen LogP contribution in [0.4, 0.5) is 0 Å². The molecule has 0 aromatic heterocycles. The van der Waals surface area contributed by atoms with Crippen LogP contribution >= 0.6 is 0 Å². The molecule has 1 saturated heterocycles. The van der Waals surface area contributed by atoms with Crippen molar-refractivity contribution in [2.45, 2.75) is 18.9 Å². The average Bonchev–Trinajstić information content (AvgIpc) is 2.23. The maximum Gasteiger partial charge on any atom is 0.0696 e. The minimum Gasteiger partial charge on any atom is -0.392 e. The Morgan fingerprint density at radius 3 is 2.79 bits per heavy atom. The minimum atomic E-state index is -0.177. The van der Waals surface area contributed by atoms with Crippen LogP contribution in [0.15, 0.2) is 30.3 Å². The van der Waals surface area contributed by atoms with Gasteiger partial charge in [-0.25, -0.2) is 0 Å². The van der Waals surface area contributed by atoms with Gasteiger partial charge in [0, 0.05) is 6.54 Å². The molecule has 1 fully saturated rings. The van der Waals surface area contributed by atoms with Crippen LogP contribution in [-0.4, -0.2) is 24.3 Å². The number of aliphatic hydroxyl groups excluding tert-OH is 1. The molecule has 1 unspecified atom stereocenters. The maximum atomic E-state index is 9.77. The van der Waals surface area contributed by atoms with E-state index in [9.17, 15) is 5.11 Å². The fraction of sp³-hybridized carbons (Fsp3) is 0.500. The van der Waals surface area contributed by atoms with Crippen LogP contribution in [0.1, 0.15) is 12.0 Å². The number of rotatable bonds is 2. The predicted molar refractivity (Wildman–Crippen MR) is 57.1 cm³/mol. The third-order valence-electron chi connectivity index (χ3n) is 2.93. The van der Waals surface area contributed by atoms with E-state index in [1.165, 1.54) is 5.56 Å². The van der Waals surface area contributed by atoms with Gasteiger partial charge in [0.15, 0.2) is 0 Å². The maximum absolute atomic E-state index is 9.77. The summed E-state index contributed by atoms with van der Waals surface area (Å²) in [6.45, 7) is 1.78. The lowest BCUT2D eigenvalue weighted by molar-refractivity contribution is 0.0820. The van der Waals surface area contributed by atoms with Crippen molar-refractivity contribution >= 4 is 0 Å². The van der Waals surface area contributed by atoms with Crippen molar-refractivity contribution < 1.29 is 5.11 Å². The number of aliphatic hydroxyl groups is 1. The molecule has 1 heterocycles. The Morgan fingerprint density at radius 2 is 2.07 bits per heavy atom. The molecule has 0 amide bonds. The first kappa shape index (κ1) is 9.69. The summed E-state index contributed by atoms with van der Waals surface area (Å²) in [5, 5.41) is 13.0. The van der Waals surface area contributed by atoms with Crippen molar-refractivity contribution in [2.75, 3.05) is 13.1 Å². The first-order valence-corrected chi connectivity index (χ1v) is 5.29. The number of nitrogens with one attached hydrogen (secondary N) is 1. The number of hydrogen-bond donors (Lipinski definition) is 2. The quantitative estimate of drug-likeness (QED) is 0.736. The molecule has 1 aromatic rings. The number of β-amino-alcohol motifs (C(OH)–C–C–N with tert-alkyl or cyclic N) is 1. The highest BCUT2D eigenvalue weighted by atomic mass is 16.3. The van der Waals surface area contributed by atoms with Crippen LogP contribution in [0, 0.1) is 5.92 Å². The molecular weight excluding hydrogens is 174 g/mol. The fourth-order valence-corrected chi connectivity index (χ4v) is 2.05. The van der Waals surface area contributed by atoms with Gasteiger partial charge in [-0.15, -0.1) is 0 Å². The fourth-order valence-electron chi connectivity index (χ4n) is 2.05. The highest BCUT2D eigenvalue weighted by Gasteiger charge is 2.22. The van der Waals surface area contributed by atoms with Gasteiger partial charge in [0.1, 0.15) is 0 Å². The van der Waals surface area contributed by atoms with Crippen molar-refractivity contribution in [3.8, 4) is 0 Å². The molecule has 14 heavy (non-hydrogen) atoms. The second-order valence-electron chi connectivity index (χ2n) is 4.01. The first-order valence-electron chi connectivity index (χ1n) is 5.29. The van der Waals surface area contributed by atoms with E-state index < -0.39 is 0 Å². The van der Waals surface area contributed by atoms with Gasteiger partial charge in [-0.2, -0.15) is 0 Å². The molecule has 2 heteroatoms. The lowest BCUT2D eigenvalue weighted by Gasteiger charge is -2.28. The minimum absolute atomic E-state index is 0.177. The highest BCUT2D eigenvalue weighted by Crippen LogP contribution is 2.18. The summed E-state index contributed by atoms with van der Waals surface area (Å²) in [4.78, 5) is 0. The Labute approximate surface area is 85.0 Å². The summed E-state index contributed by atoms with van der Waals surface area (Å²) < 4.78 is 0. The van der Waals surface area contributed by atoms with Gasteiger partial charge in [-0.1, -0.05) is 30.3 Å². The second kappa shape index (κ2) is 4.58. The van der Waals surface area contributed by atoms with Crippen LogP contribution in [0.2, 0.25) is 0 Å². The molecule has 0 aliphatic carbocycles. The van der Waals surface area contributed by atoms with Crippen LogP contribution in [0.5, 0.6) is 0 Å². The zero-order valence-electron chi connectivity index (χ0n) is 8.32. The molecule has 1 aliphatic heterocycles. The lowest BCUT2D eigenvalue weighted by Crippen LogP contribution is -2.41. The van der Waals surface area contributed by atoms with Crippen LogP contribution in [0.25, 0.3) is 0 Å². The van der Waals surface area contributed by atoms with Gasteiger partial charge in [-0.3, -0.25) is 0 Å². The third-order valence-corrected chi connectivity index (χ3v) is 2.93. The Kier molecular flexibility index (Phi) is 3.17. The summed E-state index contributed by atoms with van der Waals surface area (Å²) in [5.41, 5.74) is 1.33. The van der Waals surface area contributed by atoms with E-state index >= 15 is 0 Å². The Balaban J connectivity index is 1.96. The largest absolute Gasteiger partial charge is 0.392 e. The van der Waals surface area contributed by atoms with E-state index in [1.807, 2.05) is 6.07 Å². The highest BCUT2D eigenvalue weighted by molar-refractivity contribution is 5.15. The van der Waals surface area contributed by atoms with E-state index in [0.717, 1.165) is 25.9 Å². The smallest absolute Gasteiger partial charge is 0.0696 e. The molecule has 2 atom stereocenters. The molecule has 0 radical (unpaired) electrons. The van der Waals surface area contributed by atoms with Gasteiger partial charge in [0.05, 0.1) is 6.10 Å². The SMILES string of the molecule is O[C@@H]1CNCCC1Cc1ccccc1. The zero-order chi connectivity index (χ0) is 9.80. The Morgan fingerprint density at radius 1 is 1.29 bits per heavy atom. The molecule has 1 aromatic carbocycles. The zero-order valence-corrected chi connectivity index (χ0v) is 8.32. The summed E-state index contributed by atoms with van der Waals surface area (Å²) in [7, 11) is 0. The molecule has 76 valence electrons. The summed E-state index contributed by atoms with van der Waals surface area (Å²) in [5.74, 6) is 0.429. The van der Waals surface area contributed by atoms with Crippen molar-refractivity contribution in [3.63, 3.8) is 0 Å². The monoisotopic (exact) mass is 191 g/mol. The lowest BCUT2D eigenvalue weighted by atomic mass is 9.89. The van der Waals surface area contributed by atoms with E-state index in [-0.39, 0.29) is 6.10 Å². The standard InChI is InChI=1S/C12H17NO/c14-12-9-13-7-6-11(12)8-10-4-2-1-3-5-10/h1-5,11-14H,6-9H2/t11?,12-/m1/s1. The topological polar surface area (TPSA) is 32.3 Å². The van der Waals surface area contributed by atoms with Crippen molar-refractivity contribution in [2.24, 2.45) is 5.92 Å². The molecule has 1 aliphatic rings. The first-order chi connectivity index (χ1) is 6.86. The summed E-state index contributed by atoms with van der Waals surface area (Å²) in [6, 6.07) is 10.4. The Bertz CT molecular complexity index is 273. The number of benzene rings is 1. The second-order valence-corrected chi connectivity index (χ2v) is 4.01. The van der Waals surface area contributed by atoms with Gasteiger partial charge in [0.2, 0.25) is 0 Å². The van der Waals surface area contributed by atoms with Crippen molar-refractivity contribution in [1.29, 1.82) is 0 Å². The van der Waals surface area contributed by atoms with Gasteiger partial charge >= 0.3 is 0 Å². The molecule has 2 N–H and O–H groups in total. The molecule has 0 spiro atoms. The molecule has 2 rings (SSSR count). The Hall–Kier alpha value is -0.860. The van der Waals surface area contributed by atoms with Crippen LogP contribution in [0.3, 0.4) is 0 Å². The van der Waals surface area contributed by atoms with E-state index in [2.05, 4.69) is 29.6 Å². The van der Waals surface area contributed by atoms with Gasteiger partial charge in [0.25, 0.3) is 0 Å². The van der Waals surface area contributed by atoms with Crippen LogP contribution < -0.4 is 5.32 Å². The summed E-state index contributed by atoms with van der Waals surface area (Å²) >= 11 is 0. The van der Waals surface area contributed by atoms with Crippen molar-refractivity contribution in [1.82, 2.24) is 5.32 Å². The molecular formula is C12H17NO. The predicted octanol–water partition coefficient (Wildman–Crippen LogP) is 1.20. The van der Waals surface area contributed by atoms with Gasteiger partial charge in [-0.05, 0) is 30.9 Å². The molecule has 2 nitrogen and oxygen atoms in total. The molecule has 0 saturated carbocycles. The number of hydrogen-bond acceptors (Lipinski definition) is 2. The van der Waals surface area contributed by atoms with Crippen LogP contribution in [-0.2, 0) is 6.42 Å². The molecule has 0 bridgehead atoms. The van der Waals surface area contributed by atoms with E-state index in [0.29, 0.717) is 5.92 Å². The van der Waals surface area contributed by atoms with E-state index in [4.69, 9.17) is 0 Å². The normalized spacial score (nSPS) is 27.5. The number of piperidine rings is 1. The van der Waals surface area contributed by atoms with Crippen molar-refractivity contribution in [3.05, 3.63) is 35.9 Å². The average molecular weight is 191 g/mol. The summed E-state index contributed by atoms with van der Waals surface area (Å²) in [6.07, 6.45) is 1.91. The van der Waals surface area contributed by atoms with E-state index in [1.54, 1.807) is 0 Å². The third kappa shape index (κ3) is 2.34.